The van der Waals surface area contributed by atoms with Crippen molar-refractivity contribution in [1.29, 1.82) is 0 Å². The zero-order chi connectivity index (χ0) is 6.28. The van der Waals surface area contributed by atoms with Crippen molar-refractivity contribution in [2.45, 2.75) is 0 Å². The van der Waals surface area contributed by atoms with Crippen LogP contribution in [0.25, 0.3) is 0 Å². The van der Waals surface area contributed by atoms with E-state index in [1.165, 1.54) is 0 Å². The molecule has 0 aromatic rings. The molecule has 0 spiro atoms. The van der Waals surface area contributed by atoms with Gasteiger partial charge in [-0.15, -0.1) is 25.3 Å². The van der Waals surface area contributed by atoms with Crippen molar-refractivity contribution in [3.8, 4) is 0 Å². The smallest absolute Gasteiger partial charge is 0.200 e. The van der Waals surface area contributed by atoms with E-state index in [1.807, 2.05) is 9.24 Å². The van der Waals surface area contributed by atoms with E-state index in [4.69, 9.17) is 4.79 Å². The number of carbonyl (C=O) groups excluding carboxylic acids is 2. The SMILES string of the molecule is O=C(P)S.O=CS. The maximum absolute atomic E-state index is 9.27. The van der Waals surface area contributed by atoms with Crippen LogP contribution in [-0.2, 0) is 4.79 Å². The normalized spacial score (nSPS) is 5.57. The molecule has 0 aromatic heterocycles. The van der Waals surface area contributed by atoms with Crippen LogP contribution in [0.4, 0.5) is 4.79 Å². The molecule has 1 unspecified atom stereocenters. The molecule has 0 amide bonds. The third-order valence-corrected chi connectivity index (χ3v) is 0. The van der Waals surface area contributed by atoms with Gasteiger partial charge in [0.25, 0.3) is 0 Å². The molecule has 0 aliphatic rings. The summed E-state index contributed by atoms with van der Waals surface area (Å²) >= 11 is 6.40. The van der Waals surface area contributed by atoms with Crippen LogP contribution in [0.2, 0.25) is 0 Å². The van der Waals surface area contributed by atoms with Crippen molar-refractivity contribution < 1.29 is 9.59 Å². The summed E-state index contributed by atoms with van der Waals surface area (Å²) in [6.07, 6.45) is 0. The minimum atomic E-state index is -0.222. The highest BCUT2D eigenvalue weighted by atomic mass is 32.1. The summed E-state index contributed by atoms with van der Waals surface area (Å²) < 4.78 is 0. The van der Waals surface area contributed by atoms with E-state index in [-0.39, 0.29) is 4.86 Å². The maximum atomic E-state index is 9.27. The highest BCUT2D eigenvalue weighted by Gasteiger charge is 1.63. The standard InChI is InChI=1S/CH3OPS.CH2OS/c2-1(3)4;2-1-3/h3H2,(H,2,4);1H,(H,2,3). The van der Waals surface area contributed by atoms with Crippen LogP contribution in [0, 0.1) is 0 Å². The van der Waals surface area contributed by atoms with Gasteiger partial charge in [0.2, 0.25) is 4.86 Å². The molecular formula is C2H5O2PS2. The monoisotopic (exact) mass is 156 g/mol. The Labute approximate surface area is 55.1 Å². The van der Waals surface area contributed by atoms with E-state index in [0.29, 0.717) is 5.62 Å². The predicted octanol–water partition coefficient (Wildman–Crippen LogP) is 1.02. The summed E-state index contributed by atoms with van der Waals surface area (Å²) in [7, 11) is 1.88. The van der Waals surface area contributed by atoms with Crippen LogP contribution in [0.3, 0.4) is 0 Å². The Balaban J connectivity index is 0. The van der Waals surface area contributed by atoms with E-state index in [9.17, 15) is 4.79 Å². The Bertz CT molecular complexity index is 60.7. The Morgan fingerprint density at radius 2 is 1.71 bits per heavy atom. The molecule has 5 heteroatoms. The lowest BCUT2D eigenvalue weighted by molar-refractivity contribution is 0.277. The maximum Gasteiger partial charge on any atom is 0.200 e. The molecule has 0 aliphatic heterocycles. The second kappa shape index (κ2) is 9.69. The van der Waals surface area contributed by atoms with Crippen molar-refractivity contribution >= 4 is 45.0 Å². The lowest BCUT2D eigenvalue weighted by atomic mass is 11.8. The molecule has 0 saturated heterocycles. The molecule has 1 atom stereocenters. The van der Waals surface area contributed by atoms with Gasteiger partial charge in [-0.1, -0.05) is 9.24 Å². The summed E-state index contributed by atoms with van der Waals surface area (Å²) in [6.45, 7) is 0. The molecule has 2 nitrogen and oxygen atoms in total. The van der Waals surface area contributed by atoms with Gasteiger partial charge >= 0.3 is 0 Å². The Morgan fingerprint density at radius 3 is 1.71 bits per heavy atom. The van der Waals surface area contributed by atoms with Gasteiger partial charge in [0.15, 0.2) is 5.62 Å². The second-order valence-electron chi connectivity index (χ2n) is 0.444. The van der Waals surface area contributed by atoms with E-state index < -0.39 is 0 Å². The van der Waals surface area contributed by atoms with Gasteiger partial charge in [-0.05, 0) is 0 Å². The predicted molar refractivity (Wildman–Crippen MR) is 39.8 cm³/mol. The molecule has 0 aromatic carbocycles. The largest absolute Gasteiger partial charge is 0.291 e. The van der Waals surface area contributed by atoms with E-state index >= 15 is 0 Å². The van der Waals surface area contributed by atoms with Gasteiger partial charge in [-0.25, -0.2) is 0 Å². The molecule has 0 fully saturated rings. The van der Waals surface area contributed by atoms with Crippen molar-refractivity contribution in [3.05, 3.63) is 0 Å². The fraction of sp³-hybridized carbons (Fsp3) is 0. The lowest BCUT2D eigenvalue weighted by Crippen LogP contribution is -1.45. The summed E-state index contributed by atoms with van der Waals surface area (Å²) in [5.74, 6) is 0. The van der Waals surface area contributed by atoms with Gasteiger partial charge in [-0.3, -0.25) is 9.59 Å². The van der Waals surface area contributed by atoms with Crippen molar-refractivity contribution in [2.24, 2.45) is 0 Å². The minimum Gasteiger partial charge on any atom is -0.291 e. The number of hydrogen-bond donors (Lipinski definition) is 2. The van der Waals surface area contributed by atoms with Crippen molar-refractivity contribution in [3.63, 3.8) is 0 Å². The minimum absolute atomic E-state index is 0.222. The van der Waals surface area contributed by atoms with Gasteiger partial charge in [0.05, 0.1) is 0 Å². The first-order chi connectivity index (χ1) is 3.15. The summed E-state index contributed by atoms with van der Waals surface area (Å²) in [4.78, 5) is 17.7. The fourth-order valence-corrected chi connectivity index (χ4v) is 0. The molecule has 0 heterocycles. The number of rotatable bonds is 0. The number of hydrogen-bond acceptors (Lipinski definition) is 2. The molecular weight excluding hydrogens is 151 g/mol. The summed E-state index contributed by atoms with van der Waals surface area (Å²) in [6, 6.07) is 0. The van der Waals surface area contributed by atoms with E-state index in [0.717, 1.165) is 0 Å². The van der Waals surface area contributed by atoms with E-state index in [2.05, 4.69) is 25.3 Å². The van der Waals surface area contributed by atoms with Crippen LogP contribution in [0.1, 0.15) is 0 Å². The van der Waals surface area contributed by atoms with Gasteiger partial charge in [0, 0.05) is 0 Å². The fourth-order valence-electron chi connectivity index (χ4n) is 0. The molecule has 0 saturated carbocycles. The Kier molecular flexibility index (Phi) is 14.5. The molecule has 0 bridgehead atoms. The van der Waals surface area contributed by atoms with Crippen LogP contribution >= 0.6 is 34.5 Å². The van der Waals surface area contributed by atoms with Gasteiger partial charge < -0.3 is 0 Å². The third kappa shape index (κ3) is 585. The first-order valence-electron chi connectivity index (χ1n) is 1.21. The summed E-state index contributed by atoms with van der Waals surface area (Å²) in [5, 5.41) is 0. The van der Waals surface area contributed by atoms with Crippen LogP contribution in [-0.4, -0.2) is 10.5 Å². The topological polar surface area (TPSA) is 34.1 Å². The second-order valence-corrected chi connectivity index (χ2v) is 2.11. The summed E-state index contributed by atoms with van der Waals surface area (Å²) in [5.41, 5.74) is 0.444. The zero-order valence-electron chi connectivity index (χ0n) is 3.37. The first kappa shape index (κ1) is 10.5. The molecule has 0 aliphatic carbocycles. The number of carbonyl (C=O) groups is 2. The quantitative estimate of drug-likeness (QED) is 0.312. The van der Waals surface area contributed by atoms with Crippen LogP contribution in [0.15, 0.2) is 0 Å². The molecule has 0 radical (unpaired) electrons. The van der Waals surface area contributed by atoms with Crippen LogP contribution in [0.5, 0.6) is 0 Å². The van der Waals surface area contributed by atoms with Gasteiger partial charge in [-0.2, -0.15) is 0 Å². The molecule has 7 heavy (non-hydrogen) atoms. The van der Waals surface area contributed by atoms with Crippen molar-refractivity contribution in [1.82, 2.24) is 0 Å². The lowest BCUT2D eigenvalue weighted by Gasteiger charge is -1.55. The average molecular weight is 156 g/mol. The Morgan fingerprint density at radius 1 is 1.71 bits per heavy atom. The van der Waals surface area contributed by atoms with E-state index in [1.54, 1.807) is 0 Å². The Hall–Kier alpha value is 0.470. The average Bonchev–Trinajstić information content (AvgIpc) is 1.33. The highest BCUT2D eigenvalue weighted by molar-refractivity contribution is 8.06. The van der Waals surface area contributed by atoms with Crippen molar-refractivity contribution in [2.75, 3.05) is 0 Å². The third-order valence-electron chi connectivity index (χ3n) is 0. The first-order valence-corrected chi connectivity index (χ1v) is 2.75. The number of thiol groups is 2. The highest BCUT2D eigenvalue weighted by Crippen LogP contribution is 1.88. The molecule has 42 valence electrons. The molecule has 0 rings (SSSR count). The van der Waals surface area contributed by atoms with Crippen LogP contribution < -0.4 is 0 Å². The van der Waals surface area contributed by atoms with Gasteiger partial charge in [0.1, 0.15) is 0 Å². The zero-order valence-corrected chi connectivity index (χ0v) is 6.31. The molecule has 0 N–H and O–H groups in total.